The lowest BCUT2D eigenvalue weighted by Gasteiger charge is -2.19. The Labute approximate surface area is 157 Å². The molecule has 0 spiro atoms. The fourth-order valence-corrected chi connectivity index (χ4v) is 3.94. The molecule has 1 aliphatic carbocycles. The van der Waals surface area contributed by atoms with Gasteiger partial charge in [-0.15, -0.1) is 0 Å². The molecule has 2 aromatic carbocycles. The van der Waals surface area contributed by atoms with Gasteiger partial charge in [0.25, 0.3) is 0 Å². The Hall–Kier alpha value is -2.89. The maximum atomic E-state index is 13.9. The van der Waals surface area contributed by atoms with Crippen molar-refractivity contribution in [1.82, 2.24) is 5.32 Å². The van der Waals surface area contributed by atoms with Gasteiger partial charge in [0, 0.05) is 18.7 Å². The van der Waals surface area contributed by atoms with Crippen LogP contribution in [0.4, 0.5) is 10.1 Å². The van der Waals surface area contributed by atoms with Crippen LogP contribution in [-0.2, 0) is 16.0 Å². The van der Waals surface area contributed by atoms with E-state index in [-0.39, 0.29) is 30.1 Å². The Morgan fingerprint density at radius 2 is 2.00 bits per heavy atom. The van der Waals surface area contributed by atoms with Crippen LogP contribution in [-0.4, -0.2) is 25.5 Å². The predicted molar refractivity (Wildman–Crippen MR) is 99.1 cm³/mol. The highest BCUT2D eigenvalue weighted by atomic mass is 19.1. The fraction of sp³-hybridized carbons (Fsp3) is 0.333. The van der Waals surface area contributed by atoms with Crippen LogP contribution in [0.1, 0.15) is 30.0 Å². The molecule has 2 aliphatic rings. The molecule has 1 aliphatic heterocycles. The van der Waals surface area contributed by atoms with Gasteiger partial charge in [-0.05, 0) is 54.3 Å². The molecule has 2 atom stereocenters. The molecule has 2 unspecified atom stereocenters. The Morgan fingerprint density at radius 1 is 1.22 bits per heavy atom. The molecule has 140 valence electrons. The molecular formula is C21H21FN2O3. The van der Waals surface area contributed by atoms with Crippen LogP contribution in [0.3, 0.4) is 0 Å². The molecule has 2 amide bonds. The predicted octanol–water partition coefficient (Wildman–Crippen LogP) is 2.99. The van der Waals surface area contributed by atoms with E-state index in [1.165, 1.54) is 6.07 Å². The van der Waals surface area contributed by atoms with E-state index in [1.54, 1.807) is 30.2 Å². The van der Waals surface area contributed by atoms with Crippen molar-refractivity contribution in [3.63, 3.8) is 0 Å². The van der Waals surface area contributed by atoms with E-state index in [1.807, 2.05) is 18.2 Å². The third-order valence-electron chi connectivity index (χ3n) is 5.41. The van der Waals surface area contributed by atoms with Gasteiger partial charge >= 0.3 is 0 Å². The summed E-state index contributed by atoms with van der Waals surface area (Å²) in [6.45, 7) is 0.347. The monoisotopic (exact) mass is 368 g/mol. The summed E-state index contributed by atoms with van der Waals surface area (Å²) in [6, 6.07) is 12.0. The zero-order chi connectivity index (χ0) is 19.0. The molecule has 2 aromatic rings. The number of hydrogen-bond acceptors (Lipinski definition) is 3. The number of hydrogen-bond donors (Lipinski definition) is 1. The lowest BCUT2D eigenvalue weighted by atomic mass is 10.0. The van der Waals surface area contributed by atoms with E-state index in [9.17, 15) is 14.0 Å². The van der Waals surface area contributed by atoms with Crippen LogP contribution in [0.2, 0.25) is 0 Å². The number of rotatable bonds is 4. The molecule has 1 fully saturated rings. The molecule has 27 heavy (non-hydrogen) atoms. The second kappa shape index (κ2) is 7.02. The standard InChI is InChI=1S/C21H21FN2O3/c1-27-15-7-5-14(6-8-15)24-12-13(11-20(24)25)21(26)23-19-10-9-16-17(19)3-2-4-18(16)22/h2-8,13,19H,9-12H2,1H3,(H,23,26). The van der Waals surface area contributed by atoms with Crippen molar-refractivity contribution in [3.05, 3.63) is 59.4 Å². The Kier molecular flexibility index (Phi) is 4.56. The summed E-state index contributed by atoms with van der Waals surface area (Å²) in [5.41, 5.74) is 2.29. The van der Waals surface area contributed by atoms with E-state index in [2.05, 4.69) is 5.32 Å². The molecule has 4 rings (SSSR count). The topological polar surface area (TPSA) is 58.6 Å². The highest BCUT2D eigenvalue weighted by Gasteiger charge is 2.37. The molecule has 1 saturated heterocycles. The van der Waals surface area contributed by atoms with Crippen molar-refractivity contribution in [2.75, 3.05) is 18.6 Å². The first-order valence-corrected chi connectivity index (χ1v) is 9.09. The summed E-state index contributed by atoms with van der Waals surface area (Å²) in [5.74, 6) is -0.130. The van der Waals surface area contributed by atoms with Crippen LogP contribution in [0, 0.1) is 11.7 Å². The maximum absolute atomic E-state index is 13.9. The van der Waals surface area contributed by atoms with Gasteiger partial charge in [-0.1, -0.05) is 12.1 Å². The Morgan fingerprint density at radius 3 is 2.74 bits per heavy atom. The maximum Gasteiger partial charge on any atom is 0.227 e. The molecule has 0 saturated carbocycles. The van der Waals surface area contributed by atoms with Gasteiger partial charge in [-0.3, -0.25) is 9.59 Å². The fourth-order valence-electron chi connectivity index (χ4n) is 3.94. The summed E-state index contributed by atoms with van der Waals surface area (Å²) >= 11 is 0. The summed E-state index contributed by atoms with van der Waals surface area (Å²) < 4.78 is 19.0. The number of fused-ring (bicyclic) bond motifs is 1. The number of carbonyl (C=O) groups is 2. The Balaban J connectivity index is 1.43. The van der Waals surface area contributed by atoms with E-state index in [0.717, 1.165) is 11.3 Å². The van der Waals surface area contributed by atoms with Gasteiger partial charge in [0.05, 0.1) is 19.1 Å². The second-order valence-corrected chi connectivity index (χ2v) is 7.01. The minimum atomic E-state index is -0.405. The zero-order valence-corrected chi connectivity index (χ0v) is 15.1. The van der Waals surface area contributed by atoms with Gasteiger partial charge in [-0.25, -0.2) is 4.39 Å². The normalized spacial score (nSPS) is 21.3. The van der Waals surface area contributed by atoms with Crippen LogP contribution in [0.25, 0.3) is 0 Å². The zero-order valence-electron chi connectivity index (χ0n) is 15.1. The molecule has 0 radical (unpaired) electrons. The minimum Gasteiger partial charge on any atom is -0.497 e. The summed E-state index contributed by atoms with van der Waals surface area (Å²) in [4.78, 5) is 26.7. The van der Waals surface area contributed by atoms with Gasteiger partial charge in [-0.2, -0.15) is 0 Å². The highest BCUT2D eigenvalue weighted by molar-refractivity contribution is 6.00. The first-order chi connectivity index (χ1) is 13.1. The molecule has 6 heteroatoms. The smallest absolute Gasteiger partial charge is 0.227 e. The number of ether oxygens (including phenoxy) is 1. The molecule has 0 aromatic heterocycles. The average Bonchev–Trinajstić information content (AvgIpc) is 3.27. The van der Waals surface area contributed by atoms with Crippen molar-refractivity contribution in [1.29, 1.82) is 0 Å². The average molecular weight is 368 g/mol. The number of amides is 2. The van der Waals surface area contributed by atoms with Gasteiger partial charge in [0.2, 0.25) is 11.8 Å². The number of nitrogens with one attached hydrogen (secondary N) is 1. The summed E-state index contributed by atoms with van der Waals surface area (Å²) in [7, 11) is 1.59. The largest absolute Gasteiger partial charge is 0.497 e. The van der Waals surface area contributed by atoms with Crippen LogP contribution in [0.5, 0.6) is 5.75 Å². The number of carbonyl (C=O) groups excluding carboxylic acids is 2. The molecule has 1 N–H and O–H groups in total. The summed E-state index contributed by atoms with van der Waals surface area (Å²) in [6.07, 6.45) is 1.49. The third-order valence-corrected chi connectivity index (χ3v) is 5.41. The molecule has 0 bridgehead atoms. The van der Waals surface area contributed by atoms with E-state index in [4.69, 9.17) is 4.74 Å². The van der Waals surface area contributed by atoms with Gasteiger partial charge in [0.1, 0.15) is 11.6 Å². The molecular weight excluding hydrogens is 347 g/mol. The number of benzene rings is 2. The summed E-state index contributed by atoms with van der Waals surface area (Å²) in [5, 5.41) is 3.01. The van der Waals surface area contributed by atoms with Crippen molar-refractivity contribution in [2.45, 2.75) is 25.3 Å². The number of methoxy groups -OCH3 is 1. The van der Waals surface area contributed by atoms with E-state index < -0.39 is 5.92 Å². The van der Waals surface area contributed by atoms with E-state index in [0.29, 0.717) is 30.7 Å². The van der Waals surface area contributed by atoms with Crippen LogP contribution >= 0.6 is 0 Å². The van der Waals surface area contributed by atoms with Crippen LogP contribution < -0.4 is 15.0 Å². The number of nitrogens with zero attached hydrogens (tertiary/aromatic N) is 1. The SMILES string of the molecule is COc1ccc(N2CC(C(=O)NC3CCc4c(F)cccc43)CC2=O)cc1. The number of halogens is 1. The Bertz CT molecular complexity index is 881. The van der Waals surface area contributed by atoms with Crippen LogP contribution in [0.15, 0.2) is 42.5 Å². The molecule has 1 heterocycles. The van der Waals surface area contributed by atoms with Crippen molar-refractivity contribution < 1.29 is 18.7 Å². The van der Waals surface area contributed by atoms with Crippen molar-refractivity contribution >= 4 is 17.5 Å². The minimum absolute atomic E-state index is 0.0711. The first-order valence-electron chi connectivity index (χ1n) is 9.09. The van der Waals surface area contributed by atoms with Gasteiger partial charge < -0.3 is 15.0 Å². The third kappa shape index (κ3) is 3.27. The number of anilines is 1. The van der Waals surface area contributed by atoms with E-state index >= 15 is 0 Å². The van der Waals surface area contributed by atoms with Gasteiger partial charge in [0.15, 0.2) is 0 Å². The lowest BCUT2D eigenvalue weighted by molar-refractivity contribution is -0.127. The second-order valence-electron chi connectivity index (χ2n) is 7.01. The molecule has 5 nitrogen and oxygen atoms in total. The first kappa shape index (κ1) is 17.5. The van der Waals surface area contributed by atoms with Crippen molar-refractivity contribution in [3.8, 4) is 5.75 Å². The highest BCUT2D eigenvalue weighted by Crippen LogP contribution is 2.33. The quantitative estimate of drug-likeness (QED) is 0.903. The lowest BCUT2D eigenvalue weighted by Crippen LogP contribution is -2.34. The van der Waals surface area contributed by atoms with Crippen molar-refractivity contribution in [2.24, 2.45) is 5.92 Å².